The smallest absolute Gasteiger partial charge is 0.265 e. The number of amides is 1. The molecule has 22 heavy (non-hydrogen) atoms. The zero-order chi connectivity index (χ0) is 16.1. The molecule has 4 nitrogen and oxygen atoms in total. The summed E-state index contributed by atoms with van der Waals surface area (Å²) in [4.78, 5) is 12.2. The van der Waals surface area contributed by atoms with Gasteiger partial charge in [-0.3, -0.25) is 4.79 Å². The van der Waals surface area contributed by atoms with Gasteiger partial charge in [0.05, 0.1) is 11.6 Å². The van der Waals surface area contributed by atoms with Crippen molar-refractivity contribution in [1.82, 2.24) is 0 Å². The van der Waals surface area contributed by atoms with Crippen LogP contribution in [-0.2, 0) is 4.79 Å². The Hall–Kier alpha value is -2.51. The average molecular weight is 315 g/mol. The molecular weight excluding hydrogens is 300 g/mol. The maximum Gasteiger partial charge on any atom is 0.265 e. The zero-order valence-electron chi connectivity index (χ0n) is 12.3. The van der Waals surface area contributed by atoms with Crippen LogP contribution in [0.1, 0.15) is 18.1 Å². The fourth-order valence-electron chi connectivity index (χ4n) is 1.86. The van der Waals surface area contributed by atoms with Crippen LogP contribution in [0.15, 0.2) is 42.5 Å². The van der Waals surface area contributed by atoms with Crippen molar-refractivity contribution in [2.75, 3.05) is 5.32 Å². The van der Waals surface area contributed by atoms with Gasteiger partial charge in [0.2, 0.25) is 0 Å². The molecule has 0 spiro atoms. The number of hydrogen-bond donors (Lipinski definition) is 1. The lowest BCUT2D eigenvalue weighted by molar-refractivity contribution is -0.122. The minimum atomic E-state index is -0.702. The third-order valence-corrected chi connectivity index (χ3v) is 3.34. The Morgan fingerprint density at radius 2 is 2.09 bits per heavy atom. The molecule has 0 saturated heterocycles. The van der Waals surface area contributed by atoms with Gasteiger partial charge in [0.15, 0.2) is 6.10 Å². The Bertz CT molecular complexity index is 738. The highest BCUT2D eigenvalue weighted by Gasteiger charge is 2.16. The number of aryl methyl sites for hydroxylation is 1. The second kappa shape index (κ2) is 6.97. The molecule has 1 atom stereocenters. The van der Waals surface area contributed by atoms with E-state index in [0.29, 0.717) is 22.0 Å². The molecule has 5 heteroatoms. The Morgan fingerprint density at radius 3 is 2.82 bits per heavy atom. The first-order valence-corrected chi connectivity index (χ1v) is 7.11. The van der Waals surface area contributed by atoms with Crippen LogP contribution in [0.3, 0.4) is 0 Å². The number of nitriles is 1. The fraction of sp³-hybridized carbons (Fsp3) is 0.176. The van der Waals surface area contributed by atoms with Gasteiger partial charge in [0, 0.05) is 10.7 Å². The van der Waals surface area contributed by atoms with Gasteiger partial charge in [-0.2, -0.15) is 5.26 Å². The predicted molar refractivity (Wildman–Crippen MR) is 86.1 cm³/mol. The van der Waals surface area contributed by atoms with Crippen LogP contribution < -0.4 is 10.1 Å². The van der Waals surface area contributed by atoms with Crippen molar-refractivity contribution < 1.29 is 9.53 Å². The van der Waals surface area contributed by atoms with Crippen LogP contribution >= 0.6 is 11.6 Å². The molecule has 0 saturated carbocycles. The third-order valence-electron chi connectivity index (χ3n) is 3.10. The number of nitrogens with one attached hydrogen (secondary N) is 1. The molecule has 2 aromatic rings. The van der Waals surface area contributed by atoms with E-state index in [1.807, 2.05) is 19.1 Å². The standard InChI is InChI=1S/C17H15ClN2O2/c1-11-6-7-14(18)9-16(11)20-17(21)12(2)22-15-5-3-4-13(8-15)10-19/h3-9,12H,1-2H3,(H,20,21). The summed E-state index contributed by atoms with van der Waals surface area (Å²) in [5, 5.41) is 12.2. The van der Waals surface area contributed by atoms with E-state index >= 15 is 0 Å². The Balaban J connectivity index is 2.06. The van der Waals surface area contributed by atoms with Gasteiger partial charge in [-0.25, -0.2) is 0 Å². The molecular formula is C17H15ClN2O2. The first-order valence-electron chi connectivity index (χ1n) is 6.73. The molecule has 0 heterocycles. The van der Waals surface area contributed by atoms with E-state index in [-0.39, 0.29) is 5.91 Å². The van der Waals surface area contributed by atoms with Crippen molar-refractivity contribution >= 4 is 23.2 Å². The second-order valence-corrected chi connectivity index (χ2v) is 5.28. The van der Waals surface area contributed by atoms with Gasteiger partial charge in [0.1, 0.15) is 5.75 Å². The number of carbonyl (C=O) groups excluding carboxylic acids is 1. The normalized spacial score (nSPS) is 11.4. The highest BCUT2D eigenvalue weighted by atomic mass is 35.5. The maximum atomic E-state index is 12.2. The minimum absolute atomic E-state index is 0.285. The van der Waals surface area contributed by atoms with Crippen LogP contribution in [0, 0.1) is 18.3 Å². The summed E-state index contributed by atoms with van der Waals surface area (Å²) in [6.45, 7) is 3.53. The molecule has 1 N–H and O–H groups in total. The largest absolute Gasteiger partial charge is 0.481 e. The minimum Gasteiger partial charge on any atom is -0.481 e. The van der Waals surface area contributed by atoms with E-state index in [9.17, 15) is 4.79 Å². The molecule has 1 unspecified atom stereocenters. The van der Waals surface area contributed by atoms with Crippen LogP contribution in [-0.4, -0.2) is 12.0 Å². The zero-order valence-corrected chi connectivity index (χ0v) is 13.0. The topological polar surface area (TPSA) is 62.1 Å². The summed E-state index contributed by atoms with van der Waals surface area (Å²) in [5.74, 6) is 0.192. The van der Waals surface area contributed by atoms with Gasteiger partial charge in [-0.15, -0.1) is 0 Å². The van der Waals surface area contributed by atoms with Gasteiger partial charge in [-0.1, -0.05) is 23.7 Å². The van der Waals surface area contributed by atoms with Crippen molar-refractivity contribution in [3.63, 3.8) is 0 Å². The van der Waals surface area contributed by atoms with Crippen LogP contribution in [0.25, 0.3) is 0 Å². The summed E-state index contributed by atoms with van der Waals surface area (Å²) < 4.78 is 5.56. The first-order chi connectivity index (χ1) is 10.5. The molecule has 112 valence electrons. The number of ether oxygens (including phenoxy) is 1. The van der Waals surface area contributed by atoms with Gasteiger partial charge in [0.25, 0.3) is 5.91 Å². The fourth-order valence-corrected chi connectivity index (χ4v) is 2.03. The molecule has 0 fully saturated rings. The number of hydrogen-bond acceptors (Lipinski definition) is 3. The molecule has 0 aromatic heterocycles. The van der Waals surface area contributed by atoms with E-state index in [0.717, 1.165) is 5.56 Å². The highest BCUT2D eigenvalue weighted by molar-refractivity contribution is 6.31. The monoisotopic (exact) mass is 314 g/mol. The number of anilines is 1. The Morgan fingerprint density at radius 1 is 1.32 bits per heavy atom. The van der Waals surface area contributed by atoms with Gasteiger partial charge >= 0.3 is 0 Å². The van der Waals surface area contributed by atoms with Crippen molar-refractivity contribution in [3.8, 4) is 11.8 Å². The lowest BCUT2D eigenvalue weighted by Gasteiger charge is -2.16. The molecule has 2 rings (SSSR count). The Kier molecular flexibility index (Phi) is 5.03. The summed E-state index contributed by atoms with van der Waals surface area (Å²) >= 11 is 5.93. The van der Waals surface area contributed by atoms with E-state index < -0.39 is 6.10 Å². The number of benzene rings is 2. The lowest BCUT2D eigenvalue weighted by Crippen LogP contribution is -2.30. The van der Waals surface area contributed by atoms with E-state index in [2.05, 4.69) is 5.32 Å². The number of carbonyl (C=O) groups is 1. The molecule has 2 aromatic carbocycles. The van der Waals surface area contributed by atoms with E-state index in [4.69, 9.17) is 21.6 Å². The molecule has 1 amide bonds. The van der Waals surface area contributed by atoms with Gasteiger partial charge in [-0.05, 0) is 49.7 Å². The SMILES string of the molecule is Cc1ccc(Cl)cc1NC(=O)C(C)Oc1cccc(C#N)c1. The second-order valence-electron chi connectivity index (χ2n) is 4.85. The number of rotatable bonds is 4. The van der Waals surface area contributed by atoms with E-state index in [1.54, 1.807) is 43.3 Å². The van der Waals surface area contributed by atoms with Crippen LogP contribution in [0.4, 0.5) is 5.69 Å². The van der Waals surface area contributed by atoms with Crippen molar-refractivity contribution in [2.24, 2.45) is 0 Å². The summed E-state index contributed by atoms with van der Waals surface area (Å²) in [6, 6.07) is 14.0. The van der Waals surface area contributed by atoms with Crippen molar-refractivity contribution in [1.29, 1.82) is 5.26 Å². The summed E-state index contributed by atoms with van der Waals surface area (Å²) in [5.41, 5.74) is 2.05. The molecule has 0 aliphatic heterocycles. The highest BCUT2D eigenvalue weighted by Crippen LogP contribution is 2.21. The van der Waals surface area contributed by atoms with Crippen molar-refractivity contribution in [3.05, 3.63) is 58.6 Å². The van der Waals surface area contributed by atoms with Gasteiger partial charge < -0.3 is 10.1 Å². The Labute approximate surface area is 134 Å². The molecule has 0 bridgehead atoms. The first kappa shape index (κ1) is 15.9. The third kappa shape index (κ3) is 4.00. The van der Waals surface area contributed by atoms with Crippen molar-refractivity contribution in [2.45, 2.75) is 20.0 Å². The van der Waals surface area contributed by atoms with Crippen LogP contribution in [0.2, 0.25) is 5.02 Å². The van der Waals surface area contributed by atoms with E-state index in [1.165, 1.54) is 0 Å². The number of halogens is 1. The number of nitrogens with zero attached hydrogens (tertiary/aromatic N) is 1. The maximum absolute atomic E-state index is 12.2. The molecule has 0 aliphatic carbocycles. The predicted octanol–water partition coefficient (Wildman–Crippen LogP) is 3.93. The van der Waals surface area contributed by atoms with Crippen LogP contribution in [0.5, 0.6) is 5.75 Å². The molecule has 0 radical (unpaired) electrons. The summed E-state index contributed by atoms with van der Waals surface area (Å²) in [6.07, 6.45) is -0.702. The lowest BCUT2D eigenvalue weighted by atomic mass is 10.2. The molecule has 0 aliphatic rings. The average Bonchev–Trinajstić information content (AvgIpc) is 2.51. The summed E-state index contributed by atoms with van der Waals surface area (Å²) in [7, 11) is 0. The quantitative estimate of drug-likeness (QED) is 0.930.